The van der Waals surface area contributed by atoms with E-state index < -0.39 is 0 Å². The number of carbonyl (C=O) groups excluding carboxylic acids is 1. The molecular formula is C22H27N5O2S. The molecule has 0 radical (unpaired) electrons. The average molecular weight is 426 g/mol. The number of anilines is 1. The molecule has 1 aromatic carbocycles. The van der Waals surface area contributed by atoms with Crippen LogP contribution in [0.1, 0.15) is 41.6 Å². The van der Waals surface area contributed by atoms with Gasteiger partial charge in [0.1, 0.15) is 18.2 Å². The number of piperidine rings is 1. The molecule has 1 saturated heterocycles. The molecular weight excluding hydrogens is 398 g/mol. The van der Waals surface area contributed by atoms with Crippen LogP contribution in [0.25, 0.3) is 0 Å². The van der Waals surface area contributed by atoms with Gasteiger partial charge in [0, 0.05) is 36.9 Å². The number of hydrogen-bond acceptors (Lipinski definition) is 6. The van der Waals surface area contributed by atoms with E-state index >= 15 is 0 Å². The molecule has 0 aliphatic carbocycles. The van der Waals surface area contributed by atoms with Crippen LogP contribution in [-0.4, -0.2) is 38.4 Å². The summed E-state index contributed by atoms with van der Waals surface area (Å²) in [4.78, 5) is 23.8. The molecule has 1 amide bonds. The summed E-state index contributed by atoms with van der Waals surface area (Å²) < 4.78 is 7.65. The SMILES string of the molecule is CC1CCN(Cc2csc(NC(=O)c3ccc(OCc4nccn4C)cc3)n2)CC1. The van der Waals surface area contributed by atoms with E-state index in [0.717, 1.165) is 37.1 Å². The Morgan fingerprint density at radius 2 is 2.03 bits per heavy atom. The van der Waals surface area contributed by atoms with E-state index in [9.17, 15) is 4.79 Å². The predicted octanol–water partition coefficient (Wildman–Crippen LogP) is 3.94. The van der Waals surface area contributed by atoms with Crippen LogP contribution in [0.4, 0.5) is 5.13 Å². The van der Waals surface area contributed by atoms with E-state index in [2.05, 4.69) is 27.1 Å². The van der Waals surface area contributed by atoms with Crippen LogP contribution in [0.2, 0.25) is 0 Å². The zero-order chi connectivity index (χ0) is 20.9. The average Bonchev–Trinajstić information content (AvgIpc) is 3.37. The summed E-state index contributed by atoms with van der Waals surface area (Å²) in [5.41, 5.74) is 1.59. The van der Waals surface area contributed by atoms with Crippen LogP contribution < -0.4 is 10.1 Å². The molecule has 0 atom stereocenters. The molecule has 0 unspecified atom stereocenters. The van der Waals surface area contributed by atoms with Crippen molar-refractivity contribution >= 4 is 22.4 Å². The van der Waals surface area contributed by atoms with Crippen molar-refractivity contribution in [3.63, 3.8) is 0 Å². The van der Waals surface area contributed by atoms with E-state index in [1.165, 1.54) is 24.2 Å². The summed E-state index contributed by atoms with van der Waals surface area (Å²) in [5, 5.41) is 5.56. The maximum Gasteiger partial charge on any atom is 0.257 e. The molecule has 0 spiro atoms. The predicted molar refractivity (Wildman–Crippen MR) is 118 cm³/mol. The van der Waals surface area contributed by atoms with Gasteiger partial charge in [-0.25, -0.2) is 9.97 Å². The van der Waals surface area contributed by atoms with Crippen molar-refractivity contribution in [1.29, 1.82) is 0 Å². The Labute approximate surface area is 180 Å². The summed E-state index contributed by atoms with van der Waals surface area (Å²) >= 11 is 1.47. The van der Waals surface area contributed by atoms with Gasteiger partial charge in [-0.3, -0.25) is 15.0 Å². The molecule has 1 aliphatic heterocycles. The van der Waals surface area contributed by atoms with Crippen LogP contribution in [-0.2, 0) is 20.2 Å². The number of aromatic nitrogens is 3. The van der Waals surface area contributed by atoms with Crippen molar-refractivity contribution in [2.75, 3.05) is 18.4 Å². The highest BCUT2D eigenvalue weighted by atomic mass is 32.1. The zero-order valence-corrected chi connectivity index (χ0v) is 18.2. The Balaban J connectivity index is 1.28. The van der Waals surface area contributed by atoms with Crippen LogP contribution >= 0.6 is 11.3 Å². The third kappa shape index (κ3) is 5.25. The van der Waals surface area contributed by atoms with Crippen molar-refractivity contribution in [1.82, 2.24) is 19.4 Å². The summed E-state index contributed by atoms with van der Waals surface area (Å²) in [6.45, 7) is 5.78. The fourth-order valence-electron chi connectivity index (χ4n) is 3.44. The molecule has 1 N–H and O–H groups in total. The molecule has 8 heteroatoms. The lowest BCUT2D eigenvalue weighted by Crippen LogP contribution is -2.32. The van der Waals surface area contributed by atoms with E-state index in [4.69, 9.17) is 4.74 Å². The smallest absolute Gasteiger partial charge is 0.257 e. The van der Waals surface area contributed by atoms with Gasteiger partial charge in [-0.2, -0.15) is 0 Å². The number of nitrogens with zero attached hydrogens (tertiary/aromatic N) is 4. The van der Waals surface area contributed by atoms with Gasteiger partial charge in [0.05, 0.1) is 5.69 Å². The van der Waals surface area contributed by atoms with E-state index in [0.29, 0.717) is 23.1 Å². The Hall–Kier alpha value is -2.71. The lowest BCUT2D eigenvalue weighted by Gasteiger charge is -2.29. The minimum Gasteiger partial charge on any atom is -0.486 e. The fraction of sp³-hybridized carbons (Fsp3) is 0.409. The van der Waals surface area contributed by atoms with Gasteiger partial charge in [-0.05, 0) is 56.1 Å². The quantitative estimate of drug-likeness (QED) is 0.621. The van der Waals surface area contributed by atoms with Crippen molar-refractivity contribution in [3.8, 4) is 5.75 Å². The highest BCUT2D eigenvalue weighted by molar-refractivity contribution is 7.13. The molecule has 4 rings (SSSR count). The van der Waals surface area contributed by atoms with Crippen molar-refractivity contribution in [2.24, 2.45) is 13.0 Å². The first kappa shape index (κ1) is 20.6. The van der Waals surface area contributed by atoms with Gasteiger partial charge in [0.15, 0.2) is 5.13 Å². The lowest BCUT2D eigenvalue weighted by molar-refractivity contribution is 0.102. The van der Waals surface area contributed by atoms with Crippen molar-refractivity contribution in [3.05, 3.63) is 59.1 Å². The topological polar surface area (TPSA) is 72.3 Å². The Kier molecular flexibility index (Phi) is 6.44. The molecule has 1 fully saturated rings. The van der Waals surface area contributed by atoms with Gasteiger partial charge in [0.2, 0.25) is 0 Å². The number of carbonyl (C=O) groups is 1. The molecule has 1 aliphatic rings. The Morgan fingerprint density at radius 1 is 1.27 bits per heavy atom. The Morgan fingerprint density at radius 3 is 2.73 bits per heavy atom. The molecule has 158 valence electrons. The highest BCUT2D eigenvalue weighted by Crippen LogP contribution is 2.22. The largest absolute Gasteiger partial charge is 0.486 e. The van der Waals surface area contributed by atoms with Gasteiger partial charge in [0.25, 0.3) is 5.91 Å². The second kappa shape index (κ2) is 9.40. The number of benzene rings is 1. The number of amides is 1. The molecule has 0 bridgehead atoms. The second-order valence-corrected chi connectivity index (χ2v) is 8.68. The van der Waals surface area contributed by atoms with Crippen LogP contribution in [0, 0.1) is 5.92 Å². The van der Waals surface area contributed by atoms with Gasteiger partial charge >= 0.3 is 0 Å². The summed E-state index contributed by atoms with van der Waals surface area (Å²) in [6, 6.07) is 7.10. The van der Waals surface area contributed by atoms with Crippen molar-refractivity contribution in [2.45, 2.75) is 32.9 Å². The third-order valence-electron chi connectivity index (χ3n) is 5.44. The van der Waals surface area contributed by atoms with Crippen molar-refractivity contribution < 1.29 is 9.53 Å². The molecule has 7 nitrogen and oxygen atoms in total. The lowest BCUT2D eigenvalue weighted by atomic mass is 9.99. The maximum atomic E-state index is 12.5. The number of nitrogens with one attached hydrogen (secondary N) is 1. The number of thiazole rings is 1. The van der Waals surface area contributed by atoms with Crippen LogP contribution in [0.5, 0.6) is 5.75 Å². The molecule has 3 aromatic rings. The minimum absolute atomic E-state index is 0.168. The van der Waals surface area contributed by atoms with Gasteiger partial charge in [-0.15, -0.1) is 11.3 Å². The molecule has 30 heavy (non-hydrogen) atoms. The normalized spacial score (nSPS) is 15.3. The first-order valence-electron chi connectivity index (χ1n) is 10.2. The van der Waals surface area contributed by atoms with Gasteiger partial charge in [-0.1, -0.05) is 6.92 Å². The Bertz CT molecular complexity index is 974. The molecule has 0 saturated carbocycles. The van der Waals surface area contributed by atoms with E-state index in [1.54, 1.807) is 30.5 Å². The second-order valence-electron chi connectivity index (χ2n) is 7.82. The highest BCUT2D eigenvalue weighted by Gasteiger charge is 2.17. The number of likely N-dealkylation sites (tertiary alicyclic amines) is 1. The standard InChI is InChI=1S/C22H27N5O2S/c1-16-7-10-27(11-8-16)13-18-15-30-22(24-18)25-21(28)17-3-5-19(6-4-17)29-14-20-23-9-12-26(20)2/h3-6,9,12,15-16H,7-8,10-11,13-14H2,1-2H3,(H,24,25,28). The molecule has 2 aromatic heterocycles. The fourth-order valence-corrected chi connectivity index (χ4v) is 4.14. The first-order chi connectivity index (χ1) is 14.6. The van der Waals surface area contributed by atoms with Gasteiger partial charge < -0.3 is 9.30 Å². The zero-order valence-electron chi connectivity index (χ0n) is 17.4. The number of rotatable bonds is 7. The number of hydrogen-bond donors (Lipinski definition) is 1. The van der Waals surface area contributed by atoms with Crippen LogP contribution in [0.3, 0.4) is 0 Å². The summed E-state index contributed by atoms with van der Waals surface area (Å²) in [7, 11) is 1.93. The first-order valence-corrected chi connectivity index (χ1v) is 11.1. The maximum absolute atomic E-state index is 12.5. The monoisotopic (exact) mass is 425 g/mol. The summed E-state index contributed by atoms with van der Waals surface area (Å²) in [5.74, 6) is 2.19. The van der Waals surface area contributed by atoms with Crippen LogP contribution in [0.15, 0.2) is 42.0 Å². The minimum atomic E-state index is -0.168. The number of ether oxygens (including phenoxy) is 1. The number of imidazole rings is 1. The summed E-state index contributed by atoms with van der Waals surface area (Å²) in [6.07, 6.45) is 6.11. The number of aryl methyl sites for hydroxylation is 1. The van der Waals surface area contributed by atoms with E-state index in [1.807, 2.05) is 23.2 Å². The third-order valence-corrected chi connectivity index (χ3v) is 6.25. The van der Waals surface area contributed by atoms with E-state index in [-0.39, 0.29) is 5.91 Å². The molecule has 3 heterocycles.